The van der Waals surface area contributed by atoms with Crippen molar-refractivity contribution < 1.29 is 0 Å². The van der Waals surface area contributed by atoms with Crippen molar-refractivity contribution in [3.63, 3.8) is 0 Å². The minimum Gasteiger partial charge on any atom is -0.362 e. The standard InChI is InChI=1S/C24H30N6/c1-2-6-18(7-3-1)22-19(16-26-28-22)17-29-13-10-24(11-14-29)27-21-9-5-4-8-20(21)23-25-12-15-30(23)24/h1-9,19,22,26-28H,10-17H2. The molecule has 0 saturated carbocycles. The van der Waals surface area contributed by atoms with E-state index in [0.29, 0.717) is 12.0 Å². The summed E-state index contributed by atoms with van der Waals surface area (Å²) in [5, 5.41) is 3.93. The first-order valence-electron chi connectivity index (χ1n) is 11.3. The van der Waals surface area contributed by atoms with Gasteiger partial charge >= 0.3 is 0 Å². The molecule has 0 aromatic heterocycles. The molecule has 2 saturated heterocycles. The van der Waals surface area contributed by atoms with Crippen LogP contribution in [0.25, 0.3) is 0 Å². The topological polar surface area (TPSA) is 54.9 Å². The molecule has 6 rings (SSSR count). The molecular weight excluding hydrogens is 372 g/mol. The fourth-order valence-electron chi connectivity index (χ4n) is 5.75. The highest BCUT2D eigenvalue weighted by Crippen LogP contribution is 2.39. The summed E-state index contributed by atoms with van der Waals surface area (Å²) < 4.78 is 0. The van der Waals surface area contributed by atoms with Crippen LogP contribution in [0.5, 0.6) is 0 Å². The van der Waals surface area contributed by atoms with E-state index in [1.165, 1.54) is 22.6 Å². The van der Waals surface area contributed by atoms with Crippen molar-refractivity contribution in [1.82, 2.24) is 20.7 Å². The van der Waals surface area contributed by atoms with Crippen LogP contribution >= 0.6 is 0 Å². The van der Waals surface area contributed by atoms with Gasteiger partial charge in [-0.25, -0.2) is 5.43 Å². The van der Waals surface area contributed by atoms with E-state index >= 15 is 0 Å². The smallest absolute Gasteiger partial charge is 0.134 e. The predicted molar refractivity (Wildman–Crippen MR) is 120 cm³/mol. The maximum atomic E-state index is 4.87. The normalized spacial score (nSPS) is 27.5. The number of hydrogen-bond donors (Lipinski definition) is 3. The van der Waals surface area contributed by atoms with Gasteiger partial charge in [-0.1, -0.05) is 42.5 Å². The molecule has 0 aliphatic carbocycles. The number of rotatable bonds is 3. The van der Waals surface area contributed by atoms with Crippen molar-refractivity contribution in [2.75, 3.05) is 44.6 Å². The lowest BCUT2D eigenvalue weighted by atomic mass is 9.88. The van der Waals surface area contributed by atoms with Gasteiger partial charge in [-0.2, -0.15) is 0 Å². The second kappa shape index (κ2) is 7.38. The van der Waals surface area contributed by atoms with Gasteiger partial charge in [0, 0.05) is 62.7 Å². The number of para-hydroxylation sites is 1. The van der Waals surface area contributed by atoms with Crippen molar-refractivity contribution in [1.29, 1.82) is 0 Å². The molecule has 2 aromatic rings. The summed E-state index contributed by atoms with van der Waals surface area (Å²) in [6.07, 6.45) is 2.26. The largest absolute Gasteiger partial charge is 0.362 e. The number of fused-ring (bicyclic) bond motifs is 4. The van der Waals surface area contributed by atoms with Crippen molar-refractivity contribution in [3.05, 3.63) is 65.7 Å². The summed E-state index contributed by atoms with van der Waals surface area (Å²) >= 11 is 0. The highest BCUT2D eigenvalue weighted by atomic mass is 15.4. The van der Waals surface area contributed by atoms with E-state index in [9.17, 15) is 0 Å². The second-order valence-corrected chi connectivity index (χ2v) is 9.03. The SMILES string of the molecule is c1ccc(C2NNCC2CN2CCC3(CC2)Nc2ccccc2C2=NCCN23)cc1. The molecular formula is C24H30N6. The minimum absolute atomic E-state index is 0.0190. The van der Waals surface area contributed by atoms with Crippen molar-refractivity contribution in [2.45, 2.75) is 24.5 Å². The molecule has 6 heteroatoms. The summed E-state index contributed by atoms with van der Waals surface area (Å²) in [6, 6.07) is 19.9. The van der Waals surface area contributed by atoms with Crippen LogP contribution in [0.4, 0.5) is 5.69 Å². The Morgan fingerprint density at radius 1 is 0.967 bits per heavy atom. The van der Waals surface area contributed by atoms with E-state index < -0.39 is 0 Å². The minimum atomic E-state index is 0.0190. The van der Waals surface area contributed by atoms with Crippen LogP contribution < -0.4 is 16.2 Å². The van der Waals surface area contributed by atoms with Gasteiger partial charge in [0.15, 0.2) is 0 Å². The van der Waals surface area contributed by atoms with Gasteiger partial charge in [-0.05, 0) is 17.7 Å². The quantitative estimate of drug-likeness (QED) is 0.736. The van der Waals surface area contributed by atoms with E-state index in [4.69, 9.17) is 4.99 Å². The van der Waals surface area contributed by atoms with Crippen LogP contribution in [0, 0.1) is 5.92 Å². The Bertz CT molecular complexity index is 934. The number of benzene rings is 2. The Labute approximate surface area is 178 Å². The zero-order chi connectivity index (χ0) is 20.0. The first kappa shape index (κ1) is 18.4. The average Bonchev–Trinajstić information content (AvgIpc) is 3.47. The molecule has 4 aliphatic heterocycles. The van der Waals surface area contributed by atoms with Crippen LogP contribution in [-0.4, -0.2) is 60.6 Å². The molecule has 4 heterocycles. The molecule has 2 aromatic carbocycles. The van der Waals surface area contributed by atoms with E-state index in [0.717, 1.165) is 52.1 Å². The Morgan fingerprint density at radius 2 is 1.77 bits per heavy atom. The summed E-state index contributed by atoms with van der Waals surface area (Å²) in [5.74, 6) is 1.79. The van der Waals surface area contributed by atoms with Gasteiger partial charge in [-0.15, -0.1) is 0 Å². The molecule has 0 radical (unpaired) electrons. The molecule has 2 fully saturated rings. The first-order chi connectivity index (χ1) is 14.8. The van der Waals surface area contributed by atoms with Gasteiger partial charge in [0.1, 0.15) is 11.5 Å². The number of anilines is 1. The van der Waals surface area contributed by atoms with Crippen molar-refractivity contribution in [2.24, 2.45) is 10.9 Å². The monoisotopic (exact) mass is 402 g/mol. The molecule has 4 aliphatic rings. The Kier molecular flexibility index (Phi) is 4.52. The molecule has 6 nitrogen and oxygen atoms in total. The third-order valence-corrected chi connectivity index (χ3v) is 7.32. The van der Waals surface area contributed by atoms with E-state index in [1.54, 1.807) is 0 Å². The van der Waals surface area contributed by atoms with E-state index in [1.807, 2.05) is 0 Å². The molecule has 30 heavy (non-hydrogen) atoms. The van der Waals surface area contributed by atoms with Crippen LogP contribution in [0.15, 0.2) is 59.6 Å². The van der Waals surface area contributed by atoms with Gasteiger partial charge < -0.3 is 15.1 Å². The van der Waals surface area contributed by atoms with Crippen LogP contribution in [0.1, 0.15) is 30.0 Å². The number of hydrazine groups is 1. The third-order valence-electron chi connectivity index (χ3n) is 7.32. The highest BCUT2D eigenvalue weighted by molar-refractivity contribution is 6.06. The number of nitrogens with zero attached hydrogens (tertiary/aromatic N) is 3. The van der Waals surface area contributed by atoms with Crippen LogP contribution in [-0.2, 0) is 0 Å². The van der Waals surface area contributed by atoms with Gasteiger partial charge in [0.25, 0.3) is 0 Å². The van der Waals surface area contributed by atoms with Gasteiger partial charge in [0.2, 0.25) is 0 Å². The fourth-order valence-corrected chi connectivity index (χ4v) is 5.75. The lowest BCUT2D eigenvalue weighted by Crippen LogP contribution is -2.63. The summed E-state index contributed by atoms with van der Waals surface area (Å²) in [6.45, 7) is 6.34. The first-order valence-corrected chi connectivity index (χ1v) is 11.3. The Morgan fingerprint density at radius 3 is 2.63 bits per heavy atom. The Balaban J connectivity index is 1.16. The van der Waals surface area contributed by atoms with E-state index in [2.05, 4.69) is 80.6 Å². The average molecular weight is 403 g/mol. The Hall–Kier alpha value is -2.41. The maximum absolute atomic E-state index is 4.87. The zero-order valence-corrected chi connectivity index (χ0v) is 17.3. The number of nitrogens with one attached hydrogen (secondary N) is 3. The summed E-state index contributed by atoms with van der Waals surface area (Å²) in [7, 11) is 0. The molecule has 0 bridgehead atoms. The number of likely N-dealkylation sites (tertiary alicyclic amines) is 1. The molecule has 156 valence electrons. The molecule has 2 atom stereocenters. The van der Waals surface area contributed by atoms with Crippen LogP contribution in [0.2, 0.25) is 0 Å². The molecule has 2 unspecified atom stereocenters. The highest BCUT2D eigenvalue weighted by Gasteiger charge is 2.46. The summed E-state index contributed by atoms with van der Waals surface area (Å²) in [4.78, 5) is 10.1. The molecule has 1 spiro atoms. The van der Waals surface area contributed by atoms with Crippen LogP contribution in [0.3, 0.4) is 0 Å². The number of hydrogen-bond acceptors (Lipinski definition) is 6. The number of aliphatic imine (C=N–C) groups is 1. The van der Waals surface area contributed by atoms with E-state index in [-0.39, 0.29) is 5.66 Å². The number of amidine groups is 1. The second-order valence-electron chi connectivity index (χ2n) is 9.03. The lowest BCUT2D eigenvalue weighted by Gasteiger charge is -2.52. The molecule has 3 N–H and O–H groups in total. The molecule has 0 amide bonds. The fraction of sp³-hybridized carbons (Fsp3) is 0.458. The summed E-state index contributed by atoms with van der Waals surface area (Å²) in [5.41, 5.74) is 10.8. The van der Waals surface area contributed by atoms with Crippen molar-refractivity contribution >= 4 is 11.5 Å². The third kappa shape index (κ3) is 3.02. The van der Waals surface area contributed by atoms with Crippen molar-refractivity contribution in [3.8, 4) is 0 Å². The predicted octanol–water partition coefficient (Wildman–Crippen LogP) is 2.43. The lowest BCUT2D eigenvalue weighted by molar-refractivity contribution is 0.0835. The maximum Gasteiger partial charge on any atom is 0.134 e. The zero-order valence-electron chi connectivity index (χ0n) is 17.3. The van der Waals surface area contributed by atoms with Gasteiger partial charge in [-0.3, -0.25) is 10.4 Å². The number of piperidine rings is 1. The van der Waals surface area contributed by atoms with Gasteiger partial charge in [0.05, 0.1) is 12.6 Å².